The summed E-state index contributed by atoms with van der Waals surface area (Å²) in [5, 5.41) is 4.68. The third-order valence-corrected chi connectivity index (χ3v) is 4.64. The molecular weight excluding hydrogens is 302 g/mol. The fraction of sp³-hybridized carbons (Fsp3) is 0.412. The molecule has 1 aliphatic heterocycles. The zero-order chi connectivity index (χ0) is 16.7. The molecule has 4 rings (SSSR count). The molecule has 1 saturated heterocycles. The van der Waals surface area contributed by atoms with Crippen molar-refractivity contribution in [2.75, 3.05) is 36.0 Å². The predicted molar refractivity (Wildman–Crippen MR) is 93.7 cm³/mol. The largest absolute Gasteiger partial charge is 0.353 e. The third kappa shape index (κ3) is 2.46. The number of fused-ring (bicyclic) bond motifs is 1. The topological polar surface area (TPSA) is 62.5 Å². The third-order valence-electron chi connectivity index (χ3n) is 4.64. The van der Waals surface area contributed by atoms with Crippen molar-refractivity contribution >= 4 is 17.3 Å². The van der Waals surface area contributed by atoms with Gasteiger partial charge in [0.05, 0.1) is 11.9 Å². The molecule has 3 aromatic heterocycles. The van der Waals surface area contributed by atoms with Crippen LogP contribution in [0.25, 0.3) is 5.65 Å². The number of aromatic nitrogens is 5. The van der Waals surface area contributed by atoms with E-state index in [2.05, 4.69) is 42.8 Å². The molecule has 0 aromatic carbocycles. The molecule has 1 aliphatic rings. The smallest absolute Gasteiger partial charge is 0.160 e. The summed E-state index contributed by atoms with van der Waals surface area (Å²) in [5.41, 5.74) is 4.17. The highest BCUT2D eigenvalue weighted by molar-refractivity contribution is 5.57. The Bertz CT molecular complexity index is 864. The van der Waals surface area contributed by atoms with E-state index in [4.69, 9.17) is 0 Å². The van der Waals surface area contributed by atoms with Crippen molar-refractivity contribution in [2.24, 2.45) is 0 Å². The summed E-state index contributed by atoms with van der Waals surface area (Å²) in [6, 6.07) is 2.12. The molecule has 0 N–H and O–H groups in total. The van der Waals surface area contributed by atoms with Gasteiger partial charge in [0.25, 0.3) is 0 Å². The highest BCUT2D eigenvalue weighted by atomic mass is 15.4. The lowest BCUT2D eigenvalue weighted by Gasteiger charge is -2.36. The Labute approximate surface area is 141 Å². The molecule has 0 atom stereocenters. The first-order valence-electron chi connectivity index (χ1n) is 8.23. The maximum atomic E-state index is 4.68. The van der Waals surface area contributed by atoms with Crippen molar-refractivity contribution in [1.82, 2.24) is 24.6 Å². The quantitative estimate of drug-likeness (QED) is 0.716. The lowest BCUT2D eigenvalue weighted by molar-refractivity contribution is 0.631. The Morgan fingerprint density at radius 1 is 0.958 bits per heavy atom. The molecule has 1 fully saturated rings. The molecular formula is C17H21N7. The second kappa shape index (κ2) is 5.74. The van der Waals surface area contributed by atoms with Crippen LogP contribution in [0.5, 0.6) is 0 Å². The summed E-state index contributed by atoms with van der Waals surface area (Å²) in [6.45, 7) is 9.85. The van der Waals surface area contributed by atoms with Gasteiger partial charge in [-0.15, -0.1) is 0 Å². The van der Waals surface area contributed by atoms with Crippen molar-refractivity contribution in [1.29, 1.82) is 0 Å². The van der Waals surface area contributed by atoms with Crippen LogP contribution in [-0.2, 0) is 0 Å². The summed E-state index contributed by atoms with van der Waals surface area (Å²) >= 11 is 0. The first-order valence-corrected chi connectivity index (χ1v) is 8.23. The van der Waals surface area contributed by atoms with E-state index in [1.54, 1.807) is 12.4 Å². The molecule has 0 saturated carbocycles. The van der Waals surface area contributed by atoms with E-state index in [1.165, 1.54) is 0 Å². The van der Waals surface area contributed by atoms with Crippen molar-refractivity contribution in [3.05, 3.63) is 41.6 Å². The van der Waals surface area contributed by atoms with E-state index < -0.39 is 0 Å². The Balaban J connectivity index is 1.62. The molecule has 0 bridgehead atoms. The molecule has 24 heavy (non-hydrogen) atoms. The van der Waals surface area contributed by atoms with Crippen molar-refractivity contribution in [3.63, 3.8) is 0 Å². The molecule has 3 aromatic rings. The highest BCUT2D eigenvalue weighted by Gasteiger charge is 2.22. The maximum Gasteiger partial charge on any atom is 0.160 e. The molecule has 124 valence electrons. The van der Waals surface area contributed by atoms with Crippen LogP contribution in [0.3, 0.4) is 0 Å². The maximum absolute atomic E-state index is 4.68. The molecule has 4 heterocycles. The van der Waals surface area contributed by atoms with Gasteiger partial charge in [0.15, 0.2) is 5.65 Å². The normalized spacial score (nSPS) is 15.3. The second-order valence-corrected chi connectivity index (χ2v) is 6.24. The Morgan fingerprint density at radius 3 is 2.42 bits per heavy atom. The van der Waals surface area contributed by atoms with Gasteiger partial charge in [-0.1, -0.05) is 0 Å². The summed E-state index contributed by atoms with van der Waals surface area (Å²) in [7, 11) is 0. The zero-order valence-electron chi connectivity index (χ0n) is 14.3. The van der Waals surface area contributed by atoms with Crippen LogP contribution in [0.15, 0.2) is 24.7 Å². The van der Waals surface area contributed by atoms with E-state index in [-0.39, 0.29) is 0 Å². The molecule has 7 nitrogen and oxygen atoms in total. The van der Waals surface area contributed by atoms with Crippen LogP contribution in [0.1, 0.15) is 17.0 Å². The minimum Gasteiger partial charge on any atom is -0.353 e. The minimum atomic E-state index is 0.917. The minimum absolute atomic E-state index is 0.917. The standard InChI is InChI=1S/C17H21N7/c1-12-10-16(24-17(20-12)13(2)14(3)21-24)23-8-6-22(7-9-23)15-11-18-4-5-19-15/h4-5,10-11H,6-9H2,1-3H3. The van der Waals surface area contributed by atoms with Crippen LogP contribution in [-0.4, -0.2) is 50.7 Å². The second-order valence-electron chi connectivity index (χ2n) is 6.24. The van der Waals surface area contributed by atoms with E-state index in [0.717, 1.165) is 60.4 Å². The van der Waals surface area contributed by atoms with Crippen molar-refractivity contribution in [3.8, 4) is 0 Å². The van der Waals surface area contributed by atoms with Crippen molar-refractivity contribution < 1.29 is 0 Å². The summed E-state index contributed by atoms with van der Waals surface area (Å²) in [5.74, 6) is 2.06. The van der Waals surface area contributed by atoms with Gasteiger partial charge in [-0.3, -0.25) is 4.98 Å². The summed E-state index contributed by atoms with van der Waals surface area (Å²) in [6.07, 6.45) is 5.27. The summed E-state index contributed by atoms with van der Waals surface area (Å²) < 4.78 is 1.98. The Kier molecular flexibility index (Phi) is 3.55. The number of nitrogens with zero attached hydrogens (tertiary/aromatic N) is 7. The van der Waals surface area contributed by atoms with Gasteiger partial charge < -0.3 is 9.80 Å². The molecule has 0 radical (unpaired) electrons. The number of hydrogen-bond donors (Lipinski definition) is 0. The predicted octanol–water partition coefficient (Wildman–Crippen LogP) is 1.77. The first kappa shape index (κ1) is 14.9. The van der Waals surface area contributed by atoms with Crippen LogP contribution < -0.4 is 9.80 Å². The van der Waals surface area contributed by atoms with E-state index >= 15 is 0 Å². The number of piperazine rings is 1. The lowest BCUT2D eigenvalue weighted by atomic mass is 10.2. The first-order chi connectivity index (χ1) is 11.6. The summed E-state index contributed by atoms with van der Waals surface area (Å²) in [4.78, 5) is 17.9. The SMILES string of the molecule is Cc1cc(N2CCN(c3cnccn3)CC2)n2nc(C)c(C)c2n1. The van der Waals surface area contributed by atoms with Gasteiger partial charge in [-0.2, -0.15) is 9.61 Å². The number of rotatable bonds is 2. The molecule has 0 spiro atoms. The van der Waals surface area contributed by atoms with Gasteiger partial charge in [0.2, 0.25) is 0 Å². The van der Waals surface area contributed by atoms with Gasteiger partial charge in [-0.05, 0) is 20.8 Å². The fourth-order valence-electron chi connectivity index (χ4n) is 3.18. The monoisotopic (exact) mass is 323 g/mol. The van der Waals surface area contributed by atoms with Crippen LogP contribution in [0, 0.1) is 20.8 Å². The van der Waals surface area contributed by atoms with Gasteiger partial charge >= 0.3 is 0 Å². The van der Waals surface area contributed by atoms with Crippen LogP contribution in [0.2, 0.25) is 0 Å². The van der Waals surface area contributed by atoms with Gasteiger partial charge in [0.1, 0.15) is 11.6 Å². The molecule has 0 aliphatic carbocycles. The van der Waals surface area contributed by atoms with Crippen molar-refractivity contribution in [2.45, 2.75) is 20.8 Å². The average Bonchev–Trinajstić information content (AvgIpc) is 2.90. The fourth-order valence-corrected chi connectivity index (χ4v) is 3.18. The number of anilines is 2. The number of hydrogen-bond acceptors (Lipinski definition) is 6. The molecule has 0 amide bonds. The van der Waals surface area contributed by atoms with Gasteiger partial charge in [0, 0.05) is 55.9 Å². The highest BCUT2D eigenvalue weighted by Crippen LogP contribution is 2.23. The Hall–Kier alpha value is -2.70. The van der Waals surface area contributed by atoms with E-state index in [0.29, 0.717) is 0 Å². The number of aryl methyl sites for hydroxylation is 3. The van der Waals surface area contributed by atoms with E-state index in [9.17, 15) is 0 Å². The zero-order valence-corrected chi connectivity index (χ0v) is 14.3. The van der Waals surface area contributed by atoms with Crippen LogP contribution in [0.4, 0.5) is 11.6 Å². The molecule has 0 unspecified atom stereocenters. The Morgan fingerprint density at radius 2 is 1.71 bits per heavy atom. The van der Waals surface area contributed by atoms with E-state index in [1.807, 2.05) is 24.6 Å². The molecule has 7 heteroatoms. The van der Waals surface area contributed by atoms with Crippen LogP contribution >= 0.6 is 0 Å². The lowest BCUT2D eigenvalue weighted by Crippen LogP contribution is -2.47. The van der Waals surface area contributed by atoms with Gasteiger partial charge in [-0.25, -0.2) is 9.97 Å². The average molecular weight is 323 g/mol.